The Bertz CT molecular complexity index is 120. The summed E-state index contributed by atoms with van der Waals surface area (Å²) in [5, 5.41) is 12.5. The zero-order chi connectivity index (χ0) is 10.7. The number of nitrogens with two attached hydrogens (primary N) is 4. The van der Waals surface area contributed by atoms with Gasteiger partial charge in [0.25, 0.3) is 0 Å². The van der Waals surface area contributed by atoms with E-state index in [1.54, 1.807) is 0 Å². The van der Waals surface area contributed by atoms with Gasteiger partial charge in [-0.1, -0.05) is 0 Å². The predicted molar refractivity (Wildman–Crippen MR) is 56.3 cm³/mol. The van der Waals surface area contributed by atoms with Crippen molar-refractivity contribution in [1.82, 2.24) is 0 Å². The quantitative estimate of drug-likeness (QED) is 0.119. The number of nitrogens with one attached hydrogen (secondary N) is 2. The molecule has 70 valence electrons. The Balaban J connectivity index is -0.000000101. The Morgan fingerprint density at radius 2 is 1.17 bits per heavy atom. The Kier molecular flexibility index (Phi) is 20.1. The van der Waals surface area contributed by atoms with Gasteiger partial charge in [0.05, 0.1) is 0 Å². The second kappa shape index (κ2) is 13.5. The molecule has 12 heavy (non-hydrogen) atoms. The van der Waals surface area contributed by atoms with E-state index in [-0.39, 0.29) is 13.7 Å². The fourth-order valence-corrected chi connectivity index (χ4v) is 0. The largest absolute Gasteiger partial charge is 0.377 e. The van der Waals surface area contributed by atoms with Crippen molar-refractivity contribution in [2.45, 2.75) is 0 Å². The van der Waals surface area contributed by atoms with E-state index < -0.39 is 0 Å². The maximum atomic E-state index is 6.28. The van der Waals surface area contributed by atoms with E-state index in [0.29, 0.717) is 0 Å². The van der Waals surface area contributed by atoms with Crippen molar-refractivity contribution in [3.05, 3.63) is 0 Å². The molecular weight excluding hydrogens is 359 g/mol. The molecule has 0 saturated heterocycles. The number of rotatable bonds is 0. The van der Waals surface area contributed by atoms with Gasteiger partial charge in [0.1, 0.15) is 0 Å². The Labute approximate surface area is 97.5 Å². The summed E-state index contributed by atoms with van der Waals surface area (Å²) in [6, 6.07) is 0. The molecule has 0 saturated carbocycles. The second-order valence-electron chi connectivity index (χ2n) is 1.13. The average molecular weight is 369 g/mol. The van der Waals surface area contributed by atoms with E-state index >= 15 is 0 Å². The third-order valence-electron chi connectivity index (χ3n) is 0. The number of hydrogen-bond acceptors (Lipinski definition) is 3. The smallest absolute Gasteiger partial charge is 0.160 e. The summed E-state index contributed by atoms with van der Waals surface area (Å²) < 4.78 is 0.218. The molecule has 0 aromatic carbocycles. The molecule has 0 aliphatic carbocycles. The molecule has 0 spiro atoms. The summed E-state index contributed by atoms with van der Waals surface area (Å²) in [5.41, 5.74) is 18.6. The molecule has 0 unspecified atom stereocenters. The normalized spacial score (nSPS) is 6.00. The van der Waals surface area contributed by atoms with Crippen LogP contribution in [-0.2, 0) is 0 Å². The molecule has 0 aliphatic heterocycles. The van der Waals surface area contributed by atoms with E-state index in [1.807, 2.05) is 0 Å². The first-order valence-corrected chi connectivity index (χ1v) is 4.70. The molecular formula is C3H10N6SSeTe. The average Bonchev–Trinajstić information content (AvgIpc) is 1.54. The summed E-state index contributed by atoms with van der Waals surface area (Å²) in [6.45, 7) is 0. The van der Waals surface area contributed by atoms with Crippen molar-refractivity contribution in [3.8, 4) is 0 Å². The van der Waals surface area contributed by atoms with Gasteiger partial charge in [-0.2, -0.15) is 0 Å². The monoisotopic (exact) mass is 372 g/mol. The zero-order valence-corrected chi connectivity index (χ0v) is 10.9. The summed E-state index contributed by atoms with van der Waals surface area (Å²) in [6.07, 6.45) is 0. The first-order chi connectivity index (χ1) is 5.20. The summed E-state index contributed by atoms with van der Waals surface area (Å²) in [5.74, 6) is 0. The summed E-state index contributed by atoms with van der Waals surface area (Å²) >= 11 is 7.83. The molecule has 0 aromatic heterocycles. The van der Waals surface area contributed by atoms with E-state index in [2.05, 4.69) is 45.4 Å². The van der Waals surface area contributed by atoms with Crippen LogP contribution in [0.25, 0.3) is 0 Å². The van der Waals surface area contributed by atoms with Crippen LogP contribution in [0.1, 0.15) is 0 Å². The van der Waals surface area contributed by atoms with Crippen LogP contribution in [0.5, 0.6) is 0 Å². The number of amidine groups is 2. The van der Waals surface area contributed by atoms with Gasteiger partial charge in [-0.05, 0) is 12.2 Å². The van der Waals surface area contributed by atoms with Crippen molar-refractivity contribution >= 4 is 64.3 Å². The maximum absolute atomic E-state index is 6.28. The number of hydrogen-bond donors (Lipinski definition) is 6. The van der Waals surface area contributed by atoms with Gasteiger partial charge in [0.2, 0.25) is 0 Å². The molecule has 0 aliphatic rings. The van der Waals surface area contributed by atoms with Crippen LogP contribution in [0.4, 0.5) is 0 Å². The van der Waals surface area contributed by atoms with Crippen LogP contribution in [-0.4, -0.2) is 52.0 Å². The van der Waals surface area contributed by atoms with E-state index in [1.165, 1.54) is 22.3 Å². The van der Waals surface area contributed by atoms with Crippen molar-refractivity contribution < 1.29 is 0 Å². The van der Waals surface area contributed by atoms with E-state index in [4.69, 9.17) is 16.6 Å². The van der Waals surface area contributed by atoms with Crippen LogP contribution >= 0.6 is 12.2 Å². The van der Waals surface area contributed by atoms with E-state index in [0.717, 1.165) is 0 Å². The number of thiocarbonyl (C=S) groups is 1. The van der Waals surface area contributed by atoms with Gasteiger partial charge in [0, 0.05) is 0 Å². The fourth-order valence-electron chi connectivity index (χ4n) is 0. The van der Waals surface area contributed by atoms with Crippen molar-refractivity contribution in [1.29, 1.82) is 10.8 Å². The Morgan fingerprint density at radius 3 is 1.17 bits per heavy atom. The molecule has 0 fully saturated rings. The van der Waals surface area contributed by atoms with Gasteiger partial charge >= 0.3 is 69.2 Å². The van der Waals surface area contributed by atoms with Crippen LogP contribution in [0.15, 0.2) is 0 Å². The van der Waals surface area contributed by atoms with Crippen LogP contribution < -0.4 is 22.9 Å². The van der Waals surface area contributed by atoms with Crippen molar-refractivity contribution in [2.75, 3.05) is 0 Å². The summed E-state index contributed by atoms with van der Waals surface area (Å²) in [4.78, 5) is 0. The first kappa shape index (κ1) is 17.9. The Hall–Kier alpha value is -0.0609. The minimum atomic E-state index is 0.000000000000000222. The van der Waals surface area contributed by atoms with Crippen LogP contribution in [0, 0.1) is 10.8 Å². The topological polar surface area (TPSA) is 152 Å². The maximum Gasteiger partial charge on any atom is 0.160 e. The second-order valence-corrected chi connectivity index (χ2v) is 3.78. The molecule has 10 N–H and O–H groups in total. The molecule has 2 radical (unpaired) electrons. The summed E-state index contributed by atoms with van der Waals surface area (Å²) in [7, 11) is 0. The predicted octanol–water partition coefficient (Wildman–Crippen LogP) is -2.71. The van der Waals surface area contributed by atoms with Gasteiger partial charge in [-0.25, -0.2) is 0 Å². The van der Waals surface area contributed by atoms with Crippen LogP contribution in [0.2, 0.25) is 0 Å². The SMILES string of the molecule is N=C(N)[Se].N=C(N)[Te].NC(N)=S. The fraction of sp³-hybridized carbons (Fsp3) is 0. The molecule has 0 heterocycles. The minimum Gasteiger partial charge on any atom is -0.377 e. The van der Waals surface area contributed by atoms with Gasteiger partial charge in [0.15, 0.2) is 5.11 Å². The molecule has 0 bridgehead atoms. The van der Waals surface area contributed by atoms with Gasteiger partial charge in [-0.15, -0.1) is 0 Å². The molecule has 0 aromatic rings. The van der Waals surface area contributed by atoms with Gasteiger partial charge < -0.3 is 11.5 Å². The molecule has 0 rings (SSSR count). The van der Waals surface area contributed by atoms with Crippen LogP contribution in [0.3, 0.4) is 0 Å². The molecule has 0 amide bonds. The molecule has 0 atom stereocenters. The zero-order valence-electron chi connectivity index (χ0n) is 6.03. The molecule has 9 heteroatoms. The third kappa shape index (κ3) is 214000. The standard InChI is InChI=1S/CH4N2S.CH3N2Se.CH3N2Te/c3*2-1(3)4/h(H4,2,3,4);2*(H3,2,3). The third-order valence-corrected chi connectivity index (χ3v) is 0. The van der Waals surface area contributed by atoms with Crippen molar-refractivity contribution in [3.63, 3.8) is 0 Å². The van der Waals surface area contributed by atoms with E-state index in [9.17, 15) is 0 Å². The minimum absolute atomic E-state index is 0.000000000000000222. The molecule has 6 nitrogen and oxygen atoms in total. The Morgan fingerprint density at radius 1 is 1.17 bits per heavy atom. The first-order valence-electron chi connectivity index (χ1n) is 2.27. The van der Waals surface area contributed by atoms with Gasteiger partial charge in [-0.3, -0.25) is 0 Å². The van der Waals surface area contributed by atoms with Crippen molar-refractivity contribution in [2.24, 2.45) is 22.9 Å².